The molecule has 0 saturated heterocycles. The number of aromatic amines is 1. The monoisotopic (exact) mass is 258 g/mol. The summed E-state index contributed by atoms with van der Waals surface area (Å²) in [6.07, 6.45) is 2.95. The van der Waals surface area contributed by atoms with E-state index in [-0.39, 0.29) is 11.2 Å². The van der Waals surface area contributed by atoms with E-state index in [0.29, 0.717) is 13.0 Å². The molecule has 0 bridgehead atoms. The van der Waals surface area contributed by atoms with Crippen LogP contribution in [0.25, 0.3) is 0 Å². The van der Waals surface area contributed by atoms with E-state index in [1.165, 1.54) is 22.4 Å². The highest BCUT2D eigenvalue weighted by molar-refractivity contribution is 5.39. The SMILES string of the molecule is O=c1cc[nH]c(=O)n1CCc1ccc2c(c1)CCO2. The van der Waals surface area contributed by atoms with Gasteiger partial charge in [-0.2, -0.15) is 0 Å². The van der Waals surface area contributed by atoms with Gasteiger partial charge < -0.3 is 9.72 Å². The molecule has 0 atom stereocenters. The molecule has 0 fully saturated rings. The Morgan fingerprint density at radius 1 is 1.26 bits per heavy atom. The van der Waals surface area contributed by atoms with Crippen LogP contribution >= 0.6 is 0 Å². The minimum absolute atomic E-state index is 0.270. The first-order chi connectivity index (χ1) is 9.24. The summed E-state index contributed by atoms with van der Waals surface area (Å²) >= 11 is 0. The second-order valence-corrected chi connectivity index (χ2v) is 4.56. The van der Waals surface area contributed by atoms with Crippen LogP contribution in [0.2, 0.25) is 0 Å². The molecular weight excluding hydrogens is 244 g/mol. The van der Waals surface area contributed by atoms with Crippen molar-refractivity contribution in [1.29, 1.82) is 0 Å². The van der Waals surface area contributed by atoms with Gasteiger partial charge >= 0.3 is 5.69 Å². The van der Waals surface area contributed by atoms with Crippen molar-refractivity contribution in [2.45, 2.75) is 19.4 Å². The van der Waals surface area contributed by atoms with Crippen LogP contribution < -0.4 is 16.0 Å². The van der Waals surface area contributed by atoms with Crippen molar-refractivity contribution in [1.82, 2.24) is 9.55 Å². The summed E-state index contributed by atoms with van der Waals surface area (Å²) in [5.74, 6) is 0.943. The predicted molar refractivity (Wildman–Crippen MR) is 70.7 cm³/mol. The smallest absolute Gasteiger partial charge is 0.328 e. The highest BCUT2D eigenvalue weighted by Crippen LogP contribution is 2.25. The molecule has 0 spiro atoms. The van der Waals surface area contributed by atoms with E-state index in [1.54, 1.807) is 0 Å². The molecular formula is C14H14N2O3. The number of benzene rings is 1. The number of ether oxygens (including phenoxy) is 1. The van der Waals surface area contributed by atoms with Gasteiger partial charge in [0.05, 0.1) is 6.61 Å². The molecule has 1 aliphatic heterocycles. The fourth-order valence-corrected chi connectivity index (χ4v) is 2.30. The van der Waals surface area contributed by atoms with Gasteiger partial charge in [0, 0.05) is 25.2 Å². The fraction of sp³-hybridized carbons (Fsp3) is 0.286. The molecule has 3 rings (SSSR count). The van der Waals surface area contributed by atoms with Crippen molar-refractivity contribution in [2.75, 3.05) is 6.61 Å². The average molecular weight is 258 g/mol. The molecule has 2 aromatic rings. The molecule has 2 heterocycles. The summed E-state index contributed by atoms with van der Waals surface area (Å²) in [5, 5.41) is 0. The fourth-order valence-electron chi connectivity index (χ4n) is 2.30. The number of aromatic nitrogens is 2. The van der Waals surface area contributed by atoms with Gasteiger partial charge in [-0.05, 0) is 23.6 Å². The second-order valence-electron chi connectivity index (χ2n) is 4.56. The normalized spacial score (nSPS) is 13.1. The average Bonchev–Trinajstić information content (AvgIpc) is 2.85. The molecule has 0 saturated carbocycles. The minimum Gasteiger partial charge on any atom is -0.493 e. The van der Waals surface area contributed by atoms with Gasteiger partial charge in [0.2, 0.25) is 0 Å². The van der Waals surface area contributed by atoms with Crippen molar-refractivity contribution >= 4 is 0 Å². The number of hydrogen-bond donors (Lipinski definition) is 1. The summed E-state index contributed by atoms with van der Waals surface area (Å²) in [6.45, 7) is 1.12. The molecule has 0 aliphatic carbocycles. The molecule has 1 N–H and O–H groups in total. The van der Waals surface area contributed by atoms with Crippen molar-refractivity contribution in [3.63, 3.8) is 0 Å². The van der Waals surface area contributed by atoms with Crippen LogP contribution in [0.1, 0.15) is 11.1 Å². The Kier molecular flexibility index (Phi) is 2.95. The number of H-pyrrole nitrogens is 1. The van der Waals surface area contributed by atoms with Crippen LogP contribution in [0.5, 0.6) is 5.75 Å². The number of aryl methyl sites for hydroxylation is 1. The van der Waals surface area contributed by atoms with E-state index in [4.69, 9.17) is 4.74 Å². The lowest BCUT2D eigenvalue weighted by molar-refractivity contribution is 0.357. The Labute approximate surface area is 109 Å². The zero-order valence-electron chi connectivity index (χ0n) is 10.4. The third kappa shape index (κ3) is 2.31. The first kappa shape index (κ1) is 11.8. The number of hydrogen-bond acceptors (Lipinski definition) is 3. The lowest BCUT2D eigenvalue weighted by Crippen LogP contribution is -2.34. The van der Waals surface area contributed by atoms with E-state index in [1.807, 2.05) is 12.1 Å². The van der Waals surface area contributed by atoms with Crippen molar-refractivity contribution < 1.29 is 4.74 Å². The van der Waals surface area contributed by atoms with Crippen molar-refractivity contribution in [2.24, 2.45) is 0 Å². The van der Waals surface area contributed by atoms with Gasteiger partial charge in [0.25, 0.3) is 5.56 Å². The summed E-state index contributed by atoms with van der Waals surface area (Å²) in [4.78, 5) is 25.6. The Morgan fingerprint density at radius 2 is 2.16 bits per heavy atom. The Bertz CT molecular complexity index is 687. The number of nitrogens with zero attached hydrogens (tertiary/aromatic N) is 1. The summed E-state index contributed by atoms with van der Waals surface area (Å²) in [5.41, 5.74) is 1.68. The number of fused-ring (bicyclic) bond motifs is 1. The van der Waals surface area contributed by atoms with E-state index < -0.39 is 0 Å². The third-order valence-electron chi connectivity index (χ3n) is 3.32. The van der Waals surface area contributed by atoms with E-state index in [9.17, 15) is 9.59 Å². The topological polar surface area (TPSA) is 64.1 Å². The van der Waals surface area contributed by atoms with Crippen LogP contribution in [-0.4, -0.2) is 16.2 Å². The Balaban J connectivity index is 1.80. The maximum atomic E-state index is 11.6. The maximum Gasteiger partial charge on any atom is 0.328 e. The van der Waals surface area contributed by atoms with Gasteiger partial charge in [0.1, 0.15) is 5.75 Å². The van der Waals surface area contributed by atoms with Crippen molar-refractivity contribution in [3.05, 3.63) is 62.4 Å². The Hall–Kier alpha value is -2.30. The molecule has 1 aromatic carbocycles. The summed E-state index contributed by atoms with van der Waals surface area (Å²) < 4.78 is 6.66. The third-order valence-corrected chi connectivity index (χ3v) is 3.32. The zero-order chi connectivity index (χ0) is 13.2. The van der Waals surface area contributed by atoms with Crippen LogP contribution in [0.3, 0.4) is 0 Å². The van der Waals surface area contributed by atoms with Crippen molar-refractivity contribution in [3.8, 4) is 5.75 Å². The maximum absolute atomic E-state index is 11.6. The van der Waals surface area contributed by atoms with E-state index in [2.05, 4.69) is 11.1 Å². The lowest BCUT2D eigenvalue weighted by atomic mass is 10.1. The summed E-state index contributed by atoms with van der Waals surface area (Å²) in [7, 11) is 0. The second kappa shape index (κ2) is 4.76. The van der Waals surface area contributed by atoms with Gasteiger partial charge in [-0.15, -0.1) is 0 Å². The molecule has 1 aromatic heterocycles. The van der Waals surface area contributed by atoms with Crippen LogP contribution in [0.4, 0.5) is 0 Å². The van der Waals surface area contributed by atoms with E-state index in [0.717, 1.165) is 24.3 Å². The first-order valence-electron chi connectivity index (χ1n) is 6.27. The van der Waals surface area contributed by atoms with Gasteiger partial charge in [-0.3, -0.25) is 9.36 Å². The molecule has 19 heavy (non-hydrogen) atoms. The molecule has 0 amide bonds. The lowest BCUT2D eigenvalue weighted by Gasteiger charge is -2.05. The highest BCUT2D eigenvalue weighted by atomic mass is 16.5. The highest BCUT2D eigenvalue weighted by Gasteiger charge is 2.12. The molecule has 0 radical (unpaired) electrons. The summed E-state index contributed by atoms with van der Waals surface area (Å²) in [6, 6.07) is 7.38. The molecule has 0 unspecified atom stereocenters. The standard InChI is InChI=1S/C14H14N2O3/c17-13-3-6-15-14(18)16(13)7-4-10-1-2-12-11(9-10)5-8-19-12/h1-3,6,9H,4-5,7-8H2,(H,15,18). The molecule has 5 nitrogen and oxygen atoms in total. The Morgan fingerprint density at radius 3 is 3.00 bits per heavy atom. The van der Waals surface area contributed by atoms with Crippen LogP contribution in [0, 0.1) is 0 Å². The number of nitrogens with one attached hydrogen (secondary N) is 1. The van der Waals surface area contributed by atoms with Gasteiger partial charge in [-0.25, -0.2) is 4.79 Å². The predicted octanol–water partition coefficient (Wildman–Crippen LogP) is 0.714. The minimum atomic E-state index is -0.364. The van der Waals surface area contributed by atoms with Gasteiger partial charge in [-0.1, -0.05) is 12.1 Å². The van der Waals surface area contributed by atoms with Crippen LogP contribution in [-0.2, 0) is 19.4 Å². The number of rotatable bonds is 3. The quantitative estimate of drug-likeness (QED) is 0.882. The zero-order valence-corrected chi connectivity index (χ0v) is 10.4. The van der Waals surface area contributed by atoms with Crippen LogP contribution in [0.15, 0.2) is 40.1 Å². The van der Waals surface area contributed by atoms with Gasteiger partial charge in [0.15, 0.2) is 0 Å². The molecule has 98 valence electrons. The molecule has 5 heteroatoms. The van der Waals surface area contributed by atoms with E-state index >= 15 is 0 Å². The largest absolute Gasteiger partial charge is 0.493 e. The molecule has 1 aliphatic rings. The first-order valence-corrected chi connectivity index (χ1v) is 6.27.